The highest BCUT2D eigenvalue weighted by atomic mass is 35.5. The molecule has 96 valence electrons. The second-order valence-corrected chi connectivity index (χ2v) is 4.22. The summed E-state index contributed by atoms with van der Waals surface area (Å²) in [5, 5.41) is 0. The second-order valence-electron chi connectivity index (χ2n) is 3.85. The van der Waals surface area contributed by atoms with Crippen molar-refractivity contribution in [3.05, 3.63) is 59.9 Å². The Balaban J connectivity index is 2.06. The number of aromatic nitrogens is 1. The fraction of sp³-hybridized carbons (Fsp3) is 0.188. The smallest absolute Gasteiger partial charge is 0.135 e. The SMILES string of the molecule is ClCCC#Cc1ccccc1OCc1ccccn1. The van der Waals surface area contributed by atoms with Gasteiger partial charge >= 0.3 is 0 Å². The van der Waals surface area contributed by atoms with Crippen molar-refractivity contribution in [1.82, 2.24) is 4.98 Å². The molecule has 0 aliphatic carbocycles. The highest BCUT2D eigenvalue weighted by Crippen LogP contribution is 2.17. The number of para-hydroxylation sites is 1. The van der Waals surface area contributed by atoms with E-state index in [4.69, 9.17) is 16.3 Å². The van der Waals surface area contributed by atoms with Crippen molar-refractivity contribution < 1.29 is 4.74 Å². The Bertz CT molecular complexity index is 572. The quantitative estimate of drug-likeness (QED) is 0.626. The lowest BCUT2D eigenvalue weighted by atomic mass is 10.2. The topological polar surface area (TPSA) is 22.1 Å². The van der Waals surface area contributed by atoms with Gasteiger partial charge < -0.3 is 4.74 Å². The van der Waals surface area contributed by atoms with Crippen LogP contribution in [0.25, 0.3) is 0 Å². The average molecular weight is 272 g/mol. The van der Waals surface area contributed by atoms with Crippen molar-refractivity contribution in [2.45, 2.75) is 13.0 Å². The van der Waals surface area contributed by atoms with Crippen molar-refractivity contribution in [2.24, 2.45) is 0 Å². The minimum Gasteiger partial charge on any atom is -0.486 e. The number of alkyl halides is 1. The maximum Gasteiger partial charge on any atom is 0.135 e. The molecule has 0 aliphatic heterocycles. The van der Waals surface area contributed by atoms with Crippen LogP contribution in [0, 0.1) is 11.8 Å². The molecule has 2 nitrogen and oxygen atoms in total. The lowest BCUT2D eigenvalue weighted by Gasteiger charge is -2.07. The zero-order valence-electron chi connectivity index (χ0n) is 10.5. The zero-order valence-corrected chi connectivity index (χ0v) is 11.2. The Morgan fingerprint density at radius 1 is 1.11 bits per heavy atom. The van der Waals surface area contributed by atoms with Crippen LogP contribution in [0.1, 0.15) is 17.7 Å². The van der Waals surface area contributed by atoms with Crippen LogP contribution in [0.3, 0.4) is 0 Å². The minimum atomic E-state index is 0.440. The number of pyridine rings is 1. The van der Waals surface area contributed by atoms with Gasteiger partial charge in [0, 0.05) is 18.5 Å². The number of nitrogens with zero attached hydrogens (tertiary/aromatic N) is 1. The van der Waals surface area contributed by atoms with Gasteiger partial charge in [0.05, 0.1) is 11.3 Å². The third-order valence-electron chi connectivity index (χ3n) is 2.43. The van der Waals surface area contributed by atoms with Gasteiger partial charge in [0.25, 0.3) is 0 Å². The number of rotatable bonds is 4. The predicted octanol–water partition coefficient (Wildman–Crippen LogP) is 3.64. The van der Waals surface area contributed by atoms with Gasteiger partial charge in [0.15, 0.2) is 0 Å². The van der Waals surface area contributed by atoms with Gasteiger partial charge in [-0.15, -0.1) is 11.6 Å². The molecule has 0 radical (unpaired) electrons. The molecular weight excluding hydrogens is 258 g/mol. The van der Waals surface area contributed by atoms with Crippen LogP contribution < -0.4 is 4.74 Å². The largest absolute Gasteiger partial charge is 0.486 e. The van der Waals surface area contributed by atoms with Crippen LogP contribution >= 0.6 is 11.6 Å². The second kappa shape index (κ2) is 7.45. The van der Waals surface area contributed by atoms with Crippen molar-refractivity contribution in [2.75, 3.05) is 5.88 Å². The Kier molecular flexibility index (Phi) is 5.28. The molecule has 0 unspecified atom stereocenters. The first-order chi connectivity index (χ1) is 9.40. The number of hydrogen-bond donors (Lipinski definition) is 0. The molecule has 3 heteroatoms. The summed E-state index contributed by atoms with van der Waals surface area (Å²) in [7, 11) is 0. The van der Waals surface area contributed by atoms with E-state index in [0.29, 0.717) is 18.9 Å². The molecule has 0 aliphatic rings. The van der Waals surface area contributed by atoms with Gasteiger partial charge in [-0.1, -0.05) is 30.0 Å². The zero-order chi connectivity index (χ0) is 13.3. The van der Waals surface area contributed by atoms with Crippen LogP contribution in [-0.4, -0.2) is 10.9 Å². The Morgan fingerprint density at radius 3 is 2.74 bits per heavy atom. The van der Waals surface area contributed by atoms with Gasteiger partial charge in [-0.05, 0) is 24.3 Å². The molecule has 0 fully saturated rings. The number of hydrogen-bond acceptors (Lipinski definition) is 2. The first kappa shape index (κ1) is 13.5. The summed E-state index contributed by atoms with van der Waals surface area (Å²) < 4.78 is 5.76. The number of ether oxygens (including phenoxy) is 1. The van der Waals surface area contributed by atoms with Gasteiger partial charge in [0.1, 0.15) is 12.4 Å². The monoisotopic (exact) mass is 271 g/mol. The lowest BCUT2D eigenvalue weighted by Crippen LogP contribution is -1.98. The molecule has 0 bridgehead atoms. The van der Waals surface area contributed by atoms with E-state index in [0.717, 1.165) is 17.0 Å². The van der Waals surface area contributed by atoms with E-state index >= 15 is 0 Å². The van der Waals surface area contributed by atoms with Crippen molar-refractivity contribution in [3.8, 4) is 17.6 Å². The molecule has 0 spiro atoms. The summed E-state index contributed by atoms with van der Waals surface area (Å²) in [5.74, 6) is 7.40. The van der Waals surface area contributed by atoms with Crippen LogP contribution in [0.15, 0.2) is 48.7 Å². The van der Waals surface area contributed by atoms with Gasteiger partial charge in [-0.3, -0.25) is 4.98 Å². The lowest BCUT2D eigenvalue weighted by molar-refractivity contribution is 0.300. The van der Waals surface area contributed by atoms with E-state index < -0.39 is 0 Å². The normalized spacial score (nSPS) is 9.53. The van der Waals surface area contributed by atoms with Crippen molar-refractivity contribution in [3.63, 3.8) is 0 Å². The maximum absolute atomic E-state index is 5.76. The molecule has 0 amide bonds. The highest BCUT2D eigenvalue weighted by Gasteiger charge is 2.01. The Morgan fingerprint density at radius 2 is 1.95 bits per heavy atom. The Labute approximate surface area is 118 Å². The van der Waals surface area contributed by atoms with Gasteiger partial charge in [0.2, 0.25) is 0 Å². The summed E-state index contributed by atoms with van der Waals surface area (Å²) in [6.07, 6.45) is 2.43. The third kappa shape index (κ3) is 4.31. The molecular formula is C16H14ClNO. The minimum absolute atomic E-state index is 0.440. The van der Waals surface area contributed by atoms with Crippen LogP contribution in [0.4, 0.5) is 0 Å². The molecule has 0 saturated carbocycles. The summed E-state index contributed by atoms with van der Waals surface area (Å²) >= 11 is 5.61. The molecule has 19 heavy (non-hydrogen) atoms. The van der Waals surface area contributed by atoms with Gasteiger partial charge in [-0.25, -0.2) is 0 Å². The Hall–Kier alpha value is -1.98. The van der Waals surface area contributed by atoms with Crippen LogP contribution in [0.2, 0.25) is 0 Å². The fourth-order valence-electron chi connectivity index (χ4n) is 1.54. The first-order valence-electron chi connectivity index (χ1n) is 6.06. The molecule has 0 saturated heterocycles. The summed E-state index contributed by atoms with van der Waals surface area (Å²) in [4.78, 5) is 4.22. The van der Waals surface area contributed by atoms with Crippen molar-refractivity contribution in [1.29, 1.82) is 0 Å². The highest BCUT2D eigenvalue weighted by molar-refractivity contribution is 6.18. The molecule has 1 aromatic carbocycles. The number of halogens is 1. The van der Waals surface area contributed by atoms with Gasteiger partial charge in [-0.2, -0.15) is 0 Å². The molecule has 2 aromatic rings. The van der Waals surface area contributed by atoms with Crippen LogP contribution in [0.5, 0.6) is 5.75 Å². The molecule has 2 rings (SSSR count). The first-order valence-corrected chi connectivity index (χ1v) is 6.60. The van der Waals surface area contributed by atoms with E-state index in [1.165, 1.54) is 0 Å². The predicted molar refractivity (Wildman–Crippen MR) is 77.2 cm³/mol. The summed E-state index contributed by atoms with van der Waals surface area (Å²) in [5.41, 5.74) is 1.77. The molecule has 1 aromatic heterocycles. The van der Waals surface area contributed by atoms with Crippen LogP contribution in [-0.2, 0) is 6.61 Å². The number of benzene rings is 1. The van der Waals surface area contributed by atoms with Crippen molar-refractivity contribution >= 4 is 11.6 Å². The van der Waals surface area contributed by atoms with E-state index in [2.05, 4.69) is 16.8 Å². The standard InChI is InChI=1S/C16H14ClNO/c17-11-5-3-8-14-7-1-2-10-16(14)19-13-15-9-4-6-12-18-15/h1-2,4,6-7,9-10,12H,5,11,13H2. The molecule has 0 atom stereocenters. The van der Waals surface area contributed by atoms with E-state index in [1.807, 2.05) is 42.5 Å². The third-order valence-corrected chi connectivity index (χ3v) is 2.62. The van der Waals surface area contributed by atoms with E-state index in [1.54, 1.807) is 6.20 Å². The van der Waals surface area contributed by atoms with E-state index in [-0.39, 0.29) is 0 Å². The molecule has 0 N–H and O–H groups in total. The summed E-state index contributed by atoms with van der Waals surface area (Å²) in [6.45, 7) is 0.440. The maximum atomic E-state index is 5.76. The summed E-state index contributed by atoms with van der Waals surface area (Å²) in [6, 6.07) is 13.5. The van der Waals surface area contributed by atoms with E-state index in [9.17, 15) is 0 Å². The fourth-order valence-corrected chi connectivity index (χ4v) is 1.63. The molecule has 1 heterocycles. The average Bonchev–Trinajstić information content (AvgIpc) is 2.48.